The van der Waals surface area contributed by atoms with Gasteiger partial charge in [-0.15, -0.1) is 0 Å². The minimum Gasteiger partial charge on any atom is -0.297 e. The monoisotopic (exact) mass is 319 g/mol. The summed E-state index contributed by atoms with van der Waals surface area (Å²) < 4.78 is 64.3. The highest BCUT2D eigenvalue weighted by molar-refractivity contribution is 7.92. The largest absolute Gasteiger partial charge is 0.397 e. The molecular formula is C14H16F3NO2S. The predicted octanol–water partition coefficient (Wildman–Crippen LogP) is 2.24. The van der Waals surface area contributed by atoms with Gasteiger partial charge in [0.25, 0.3) is 0 Å². The van der Waals surface area contributed by atoms with E-state index in [1.807, 2.05) is 30.3 Å². The molecule has 0 spiro atoms. The average molecular weight is 319 g/mol. The molecule has 0 radical (unpaired) electrons. The molecule has 0 saturated carbocycles. The number of rotatable bonds is 2. The molecule has 2 heterocycles. The Kier molecular flexibility index (Phi) is 3.33. The molecule has 2 aliphatic rings. The van der Waals surface area contributed by atoms with E-state index in [0.29, 0.717) is 6.54 Å². The number of alkyl halides is 3. The first-order valence-corrected chi connectivity index (χ1v) is 8.51. The molecule has 7 heteroatoms. The Morgan fingerprint density at radius 3 is 2.48 bits per heavy atom. The molecular weight excluding hydrogens is 303 g/mol. The molecule has 0 bridgehead atoms. The van der Waals surface area contributed by atoms with Gasteiger partial charge >= 0.3 is 6.18 Å². The number of nitrogens with zero attached hydrogens (tertiary/aromatic N) is 1. The number of hydrogen-bond acceptors (Lipinski definition) is 3. The summed E-state index contributed by atoms with van der Waals surface area (Å²) in [5.74, 6) is -0.351. The van der Waals surface area contributed by atoms with Crippen LogP contribution in [0.1, 0.15) is 12.0 Å². The highest BCUT2D eigenvalue weighted by Crippen LogP contribution is 2.54. The first kappa shape index (κ1) is 14.8. The van der Waals surface area contributed by atoms with Gasteiger partial charge in [-0.2, -0.15) is 13.2 Å². The topological polar surface area (TPSA) is 37.4 Å². The summed E-state index contributed by atoms with van der Waals surface area (Å²) in [6.45, 7) is 0.0940. The molecule has 2 fully saturated rings. The maximum absolute atomic E-state index is 13.5. The molecule has 1 aromatic rings. The molecule has 3 nitrogen and oxygen atoms in total. The van der Waals surface area contributed by atoms with E-state index in [-0.39, 0.29) is 25.3 Å². The molecule has 21 heavy (non-hydrogen) atoms. The summed E-state index contributed by atoms with van der Waals surface area (Å²) in [4.78, 5) is 1.62. The van der Waals surface area contributed by atoms with Crippen molar-refractivity contribution in [2.75, 3.05) is 18.8 Å². The highest BCUT2D eigenvalue weighted by atomic mass is 32.2. The Bertz CT molecular complexity index is 629. The van der Waals surface area contributed by atoms with E-state index >= 15 is 0 Å². The van der Waals surface area contributed by atoms with Gasteiger partial charge in [-0.25, -0.2) is 8.42 Å². The van der Waals surface area contributed by atoms with Gasteiger partial charge in [0.2, 0.25) is 0 Å². The number of sulfone groups is 1. The normalized spacial score (nSPS) is 32.2. The maximum Gasteiger partial charge on any atom is 0.397 e. The molecule has 1 aromatic carbocycles. The van der Waals surface area contributed by atoms with Crippen molar-refractivity contribution in [1.29, 1.82) is 0 Å². The number of likely N-dealkylation sites (tertiary alicyclic amines) is 1. The third kappa shape index (κ3) is 2.36. The van der Waals surface area contributed by atoms with Gasteiger partial charge in [0, 0.05) is 19.6 Å². The van der Waals surface area contributed by atoms with E-state index < -0.39 is 26.7 Å². The van der Waals surface area contributed by atoms with Crippen molar-refractivity contribution in [3.63, 3.8) is 0 Å². The lowest BCUT2D eigenvalue weighted by Crippen LogP contribution is -2.45. The van der Waals surface area contributed by atoms with Crippen LogP contribution in [-0.4, -0.2) is 43.6 Å². The lowest BCUT2D eigenvalue weighted by Gasteiger charge is -2.30. The van der Waals surface area contributed by atoms with Crippen molar-refractivity contribution >= 4 is 9.84 Å². The zero-order valence-corrected chi connectivity index (χ0v) is 12.1. The molecule has 2 unspecified atom stereocenters. The molecule has 116 valence electrons. The van der Waals surface area contributed by atoms with Crippen LogP contribution in [0.3, 0.4) is 0 Å². The lowest BCUT2D eigenvalue weighted by atomic mass is 9.83. The lowest BCUT2D eigenvalue weighted by molar-refractivity contribution is -0.216. The summed E-state index contributed by atoms with van der Waals surface area (Å²) in [5.41, 5.74) is -1.19. The van der Waals surface area contributed by atoms with E-state index in [9.17, 15) is 21.6 Å². The molecule has 2 aliphatic heterocycles. The molecule has 0 amide bonds. The van der Waals surface area contributed by atoms with Crippen LogP contribution < -0.4 is 0 Å². The Balaban J connectivity index is 1.88. The summed E-state index contributed by atoms with van der Waals surface area (Å²) >= 11 is 0. The smallest absolute Gasteiger partial charge is 0.297 e. The SMILES string of the molecule is O=S1(=O)CCC2(C(F)(F)F)CN(Cc3ccccc3)CC21. The molecule has 3 rings (SSSR count). The van der Waals surface area contributed by atoms with Gasteiger partial charge in [0.05, 0.1) is 16.4 Å². The van der Waals surface area contributed by atoms with Gasteiger partial charge < -0.3 is 0 Å². The van der Waals surface area contributed by atoms with E-state index in [4.69, 9.17) is 0 Å². The Hall–Kier alpha value is -1.08. The van der Waals surface area contributed by atoms with Crippen LogP contribution in [0, 0.1) is 5.41 Å². The predicted molar refractivity (Wildman–Crippen MR) is 72.4 cm³/mol. The van der Waals surface area contributed by atoms with Crippen molar-refractivity contribution in [2.45, 2.75) is 24.4 Å². The Morgan fingerprint density at radius 2 is 1.90 bits per heavy atom. The van der Waals surface area contributed by atoms with E-state index in [1.54, 1.807) is 4.90 Å². The van der Waals surface area contributed by atoms with Gasteiger partial charge in [-0.3, -0.25) is 4.90 Å². The van der Waals surface area contributed by atoms with E-state index in [2.05, 4.69) is 0 Å². The minimum absolute atomic E-state index is 0.0310. The Morgan fingerprint density at radius 1 is 1.24 bits per heavy atom. The second-order valence-electron chi connectivity index (χ2n) is 5.91. The van der Waals surface area contributed by atoms with Crippen LogP contribution in [0.5, 0.6) is 0 Å². The Labute approximate surface area is 121 Å². The van der Waals surface area contributed by atoms with Crippen LogP contribution in [-0.2, 0) is 16.4 Å². The number of benzene rings is 1. The van der Waals surface area contributed by atoms with Gasteiger partial charge in [-0.05, 0) is 12.0 Å². The van der Waals surface area contributed by atoms with Gasteiger partial charge in [0.1, 0.15) is 0 Å². The van der Waals surface area contributed by atoms with Crippen LogP contribution in [0.15, 0.2) is 30.3 Å². The van der Waals surface area contributed by atoms with Crippen molar-refractivity contribution in [3.05, 3.63) is 35.9 Å². The number of fused-ring (bicyclic) bond motifs is 1. The molecule has 0 N–H and O–H groups in total. The summed E-state index contributed by atoms with van der Waals surface area (Å²) in [6, 6.07) is 9.15. The van der Waals surface area contributed by atoms with Crippen LogP contribution in [0.2, 0.25) is 0 Å². The van der Waals surface area contributed by atoms with Crippen LogP contribution >= 0.6 is 0 Å². The minimum atomic E-state index is -4.48. The van der Waals surface area contributed by atoms with Crippen molar-refractivity contribution in [3.8, 4) is 0 Å². The summed E-state index contributed by atoms with van der Waals surface area (Å²) in [5, 5.41) is -1.31. The van der Waals surface area contributed by atoms with Crippen molar-refractivity contribution < 1.29 is 21.6 Å². The fourth-order valence-corrected chi connectivity index (χ4v) is 5.90. The number of halogens is 3. The zero-order valence-electron chi connectivity index (χ0n) is 11.3. The maximum atomic E-state index is 13.5. The molecule has 2 saturated heterocycles. The van der Waals surface area contributed by atoms with Crippen LogP contribution in [0.25, 0.3) is 0 Å². The fraction of sp³-hybridized carbons (Fsp3) is 0.571. The van der Waals surface area contributed by atoms with Gasteiger partial charge in [0.15, 0.2) is 9.84 Å². The standard InChI is InChI=1S/C14H16F3NO2S/c15-14(16,17)13-6-7-21(19,20)12(13)9-18(10-13)8-11-4-2-1-3-5-11/h1-5,12H,6-10H2. The van der Waals surface area contributed by atoms with E-state index in [0.717, 1.165) is 5.56 Å². The zero-order chi connectivity index (χ0) is 15.3. The van der Waals surface area contributed by atoms with Crippen molar-refractivity contribution in [1.82, 2.24) is 4.90 Å². The second-order valence-corrected chi connectivity index (χ2v) is 8.22. The third-order valence-electron chi connectivity index (χ3n) is 4.63. The first-order valence-electron chi connectivity index (χ1n) is 6.79. The molecule has 2 atom stereocenters. The molecule has 0 aliphatic carbocycles. The number of hydrogen-bond donors (Lipinski definition) is 0. The average Bonchev–Trinajstić information content (AvgIpc) is 2.88. The summed E-state index contributed by atoms with van der Waals surface area (Å²) in [7, 11) is -3.65. The third-order valence-corrected chi connectivity index (χ3v) is 6.87. The summed E-state index contributed by atoms with van der Waals surface area (Å²) in [6.07, 6.45) is -4.79. The second kappa shape index (κ2) is 4.71. The van der Waals surface area contributed by atoms with Crippen molar-refractivity contribution in [2.24, 2.45) is 5.41 Å². The quantitative estimate of drug-likeness (QED) is 0.839. The van der Waals surface area contributed by atoms with E-state index in [1.165, 1.54) is 0 Å². The van der Waals surface area contributed by atoms with Crippen LogP contribution in [0.4, 0.5) is 13.2 Å². The fourth-order valence-electron chi connectivity index (χ4n) is 3.51. The molecule has 0 aromatic heterocycles. The first-order chi connectivity index (χ1) is 9.75. The highest BCUT2D eigenvalue weighted by Gasteiger charge is 2.69. The van der Waals surface area contributed by atoms with Gasteiger partial charge in [-0.1, -0.05) is 30.3 Å².